The Labute approximate surface area is 182 Å². The summed E-state index contributed by atoms with van der Waals surface area (Å²) in [6, 6.07) is 3.14. The van der Waals surface area contributed by atoms with Gasteiger partial charge in [-0.05, 0) is 37.5 Å². The fraction of sp³-hybridized carbons (Fsp3) is 0.294. The molecule has 0 saturated heterocycles. The molecule has 3 rings (SSSR count). The van der Waals surface area contributed by atoms with Crippen LogP contribution in [0.15, 0.2) is 18.2 Å². The number of nitrogens with zero attached hydrogens (tertiary/aromatic N) is 2. The van der Waals surface area contributed by atoms with Gasteiger partial charge in [-0.25, -0.2) is 14.5 Å². The highest BCUT2D eigenvalue weighted by Crippen LogP contribution is 2.37. The topological polar surface area (TPSA) is 139 Å². The Hall–Kier alpha value is -2.63. The highest BCUT2D eigenvalue weighted by atomic mass is 35.5. The third kappa shape index (κ3) is 5.29. The van der Waals surface area contributed by atoms with E-state index >= 15 is 0 Å². The minimum absolute atomic E-state index is 0.0142. The molecule has 10 nitrogen and oxygen atoms in total. The van der Waals surface area contributed by atoms with Gasteiger partial charge in [0.25, 0.3) is 0 Å². The first-order valence-electron chi connectivity index (χ1n) is 8.63. The molecule has 1 saturated carbocycles. The van der Waals surface area contributed by atoms with Crippen molar-refractivity contribution in [1.82, 2.24) is 14.7 Å². The largest absolute Gasteiger partial charge is 0.481 e. The van der Waals surface area contributed by atoms with Crippen LogP contribution in [0.2, 0.25) is 10.2 Å². The number of ketones is 1. The van der Waals surface area contributed by atoms with E-state index in [0.29, 0.717) is 5.56 Å². The van der Waals surface area contributed by atoms with E-state index in [2.05, 4.69) is 20.0 Å². The standard InChI is InChI=1S/C17H17Cl2N5O5S/c1-8-11(18)6-5-10(15(25)9-3-4-9)14(8)23-30(27,28)24-17(26)22-16-20-12(19)7-13(21-16)29-2/h5-7,9,23H,3-4H2,1-2H3,(H2,20,21,22,24,26). The van der Waals surface area contributed by atoms with Crippen LogP contribution in [0.5, 0.6) is 5.88 Å². The Morgan fingerprint density at radius 1 is 1.20 bits per heavy atom. The molecule has 30 heavy (non-hydrogen) atoms. The van der Waals surface area contributed by atoms with Crippen LogP contribution in [0.25, 0.3) is 0 Å². The number of aromatic nitrogens is 2. The van der Waals surface area contributed by atoms with Gasteiger partial charge in [0.15, 0.2) is 5.78 Å². The minimum atomic E-state index is -4.42. The van der Waals surface area contributed by atoms with Crippen LogP contribution in [0.1, 0.15) is 28.8 Å². The number of anilines is 2. The number of ether oxygens (including phenoxy) is 1. The zero-order valence-corrected chi connectivity index (χ0v) is 18.2. The maximum Gasteiger partial charge on any atom is 0.336 e. The molecule has 0 atom stereocenters. The van der Waals surface area contributed by atoms with Crippen LogP contribution in [0.4, 0.5) is 16.4 Å². The molecular weight excluding hydrogens is 457 g/mol. The normalized spacial score (nSPS) is 13.5. The summed E-state index contributed by atoms with van der Waals surface area (Å²) in [5.74, 6) is -0.518. The SMILES string of the molecule is COc1cc(Cl)nc(NC(=O)NS(=O)(=O)Nc2c(C(=O)C3CC3)ccc(Cl)c2C)n1. The van der Waals surface area contributed by atoms with Crippen molar-refractivity contribution in [2.75, 3.05) is 17.1 Å². The first-order chi connectivity index (χ1) is 14.1. The fourth-order valence-electron chi connectivity index (χ4n) is 2.55. The Morgan fingerprint density at radius 3 is 2.53 bits per heavy atom. The fourth-order valence-corrected chi connectivity index (χ4v) is 3.76. The molecule has 160 valence electrons. The number of hydrogen-bond donors (Lipinski definition) is 3. The van der Waals surface area contributed by atoms with Crippen LogP contribution in [-0.4, -0.2) is 37.3 Å². The average molecular weight is 474 g/mol. The van der Waals surface area contributed by atoms with Crippen LogP contribution in [0.3, 0.4) is 0 Å². The Kier molecular flexibility index (Phi) is 6.34. The molecule has 1 aliphatic carbocycles. The summed E-state index contributed by atoms with van der Waals surface area (Å²) in [5, 5.41) is 2.39. The van der Waals surface area contributed by atoms with Crippen molar-refractivity contribution >= 4 is 56.9 Å². The summed E-state index contributed by atoms with van der Waals surface area (Å²) >= 11 is 11.9. The maximum absolute atomic E-state index is 12.5. The van der Waals surface area contributed by atoms with E-state index < -0.39 is 16.2 Å². The summed E-state index contributed by atoms with van der Waals surface area (Å²) in [6.45, 7) is 1.57. The van der Waals surface area contributed by atoms with Crippen LogP contribution in [-0.2, 0) is 10.2 Å². The van der Waals surface area contributed by atoms with E-state index in [0.717, 1.165) is 12.8 Å². The van der Waals surface area contributed by atoms with Crippen molar-refractivity contribution in [1.29, 1.82) is 0 Å². The highest BCUT2D eigenvalue weighted by Gasteiger charge is 2.33. The van der Waals surface area contributed by atoms with Gasteiger partial charge in [-0.2, -0.15) is 13.4 Å². The van der Waals surface area contributed by atoms with E-state index in [9.17, 15) is 18.0 Å². The summed E-state index contributed by atoms with van der Waals surface area (Å²) in [7, 11) is -3.09. The van der Waals surface area contributed by atoms with Crippen LogP contribution >= 0.6 is 23.2 Å². The first kappa shape index (κ1) is 22.1. The predicted molar refractivity (Wildman–Crippen MR) is 112 cm³/mol. The van der Waals surface area contributed by atoms with Gasteiger partial charge in [-0.3, -0.25) is 14.8 Å². The lowest BCUT2D eigenvalue weighted by atomic mass is 10.0. The van der Waals surface area contributed by atoms with Gasteiger partial charge in [-0.15, -0.1) is 0 Å². The lowest BCUT2D eigenvalue weighted by molar-refractivity contribution is 0.0968. The average Bonchev–Trinajstić information content (AvgIpc) is 3.49. The van der Waals surface area contributed by atoms with Crippen molar-refractivity contribution in [3.8, 4) is 5.88 Å². The molecule has 2 amide bonds. The predicted octanol–water partition coefficient (Wildman–Crippen LogP) is 3.17. The Bertz CT molecular complexity index is 1120. The van der Waals surface area contributed by atoms with Crippen molar-refractivity contribution in [2.45, 2.75) is 19.8 Å². The van der Waals surface area contributed by atoms with Gasteiger partial charge in [0.2, 0.25) is 11.8 Å². The Balaban J connectivity index is 1.78. The van der Waals surface area contributed by atoms with Crippen LogP contribution < -0.4 is 19.5 Å². The zero-order chi connectivity index (χ0) is 22.1. The molecule has 0 aliphatic heterocycles. The van der Waals surface area contributed by atoms with Gasteiger partial charge < -0.3 is 4.74 Å². The molecule has 0 bridgehead atoms. The number of carbonyl (C=O) groups is 2. The molecule has 0 radical (unpaired) electrons. The number of benzene rings is 1. The molecule has 1 aliphatic rings. The second-order valence-corrected chi connectivity index (χ2v) is 8.66. The first-order valence-corrected chi connectivity index (χ1v) is 10.9. The number of nitrogens with one attached hydrogen (secondary N) is 3. The number of urea groups is 1. The highest BCUT2D eigenvalue weighted by molar-refractivity contribution is 7.91. The number of Topliss-reactive ketones (excluding diaryl/α,β-unsaturated/α-hetero) is 1. The van der Waals surface area contributed by atoms with E-state index in [4.69, 9.17) is 27.9 Å². The van der Waals surface area contributed by atoms with Gasteiger partial charge in [0.1, 0.15) is 5.15 Å². The monoisotopic (exact) mass is 473 g/mol. The second-order valence-electron chi connectivity index (χ2n) is 6.45. The van der Waals surface area contributed by atoms with Crippen molar-refractivity contribution < 1.29 is 22.7 Å². The Morgan fingerprint density at radius 2 is 1.90 bits per heavy atom. The number of amides is 2. The molecule has 13 heteroatoms. The van der Waals surface area contributed by atoms with E-state index in [1.54, 1.807) is 11.6 Å². The summed E-state index contributed by atoms with van der Waals surface area (Å²) in [5.41, 5.74) is 0.560. The number of rotatable bonds is 7. The van der Waals surface area contributed by atoms with E-state index in [1.165, 1.54) is 25.3 Å². The van der Waals surface area contributed by atoms with Gasteiger partial charge in [0, 0.05) is 22.6 Å². The molecule has 2 aromatic rings. The lowest BCUT2D eigenvalue weighted by Gasteiger charge is -2.16. The maximum atomic E-state index is 12.5. The number of halogens is 2. The van der Waals surface area contributed by atoms with Crippen LogP contribution in [0, 0.1) is 12.8 Å². The van der Waals surface area contributed by atoms with E-state index in [-0.39, 0.29) is 45.0 Å². The molecule has 0 spiro atoms. The summed E-state index contributed by atoms with van der Waals surface area (Å²) in [6.07, 6.45) is 1.49. The third-order valence-corrected chi connectivity index (χ3v) is 5.71. The minimum Gasteiger partial charge on any atom is -0.481 e. The quantitative estimate of drug-likeness (QED) is 0.414. The zero-order valence-electron chi connectivity index (χ0n) is 15.8. The molecule has 1 fully saturated rings. The van der Waals surface area contributed by atoms with Crippen molar-refractivity contribution in [2.24, 2.45) is 5.92 Å². The number of hydrogen-bond acceptors (Lipinski definition) is 7. The van der Waals surface area contributed by atoms with E-state index in [1.807, 2.05) is 0 Å². The third-order valence-electron chi connectivity index (χ3n) is 4.18. The second kappa shape index (κ2) is 8.62. The van der Waals surface area contributed by atoms with Crippen molar-refractivity contribution in [3.63, 3.8) is 0 Å². The van der Waals surface area contributed by atoms with Gasteiger partial charge >= 0.3 is 16.2 Å². The van der Waals surface area contributed by atoms with Gasteiger partial charge in [-0.1, -0.05) is 23.2 Å². The molecule has 1 heterocycles. The molecule has 3 N–H and O–H groups in total. The number of methoxy groups -OCH3 is 1. The molecule has 1 aromatic carbocycles. The smallest absolute Gasteiger partial charge is 0.336 e. The van der Waals surface area contributed by atoms with Gasteiger partial charge in [0.05, 0.1) is 12.8 Å². The molecule has 0 unspecified atom stereocenters. The number of carbonyl (C=O) groups excluding carboxylic acids is 2. The molecular formula is C17H17Cl2N5O5S. The summed E-state index contributed by atoms with van der Waals surface area (Å²) < 4.78 is 33.8. The van der Waals surface area contributed by atoms with Crippen molar-refractivity contribution in [3.05, 3.63) is 39.5 Å². The lowest BCUT2D eigenvalue weighted by Crippen LogP contribution is -2.39. The molecule has 1 aromatic heterocycles. The summed E-state index contributed by atoms with van der Waals surface area (Å²) in [4.78, 5) is 32.2.